The van der Waals surface area contributed by atoms with Crippen LogP contribution in [0.15, 0.2) is 30.3 Å². The van der Waals surface area contributed by atoms with Crippen LogP contribution in [-0.4, -0.2) is 58.9 Å². The molecule has 1 aromatic carbocycles. The predicted molar refractivity (Wildman–Crippen MR) is 115 cm³/mol. The number of aliphatic hydroxyl groups is 1. The first kappa shape index (κ1) is 21.7. The zero-order chi connectivity index (χ0) is 20.5. The lowest BCUT2D eigenvalue weighted by atomic mass is 10.1. The van der Waals surface area contributed by atoms with Gasteiger partial charge in [-0.15, -0.1) is 0 Å². The first-order valence-corrected chi connectivity index (χ1v) is 10.7. The summed E-state index contributed by atoms with van der Waals surface area (Å²) in [4.78, 5) is 11.3. The van der Waals surface area contributed by atoms with E-state index in [-0.39, 0.29) is 0 Å². The SMILES string of the molecule is Cc1cc(C)nc(CCNCc2ccccc2OC[C@H](O)CN2CCCCC2)n1. The van der Waals surface area contributed by atoms with Gasteiger partial charge in [0.05, 0.1) is 0 Å². The van der Waals surface area contributed by atoms with Crippen LogP contribution in [-0.2, 0) is 13.0 Å². The van der Waals surface area contributed by atoms with E-state index in [0.717, 1.165) is 54.6 Å². The number of ether oxygens (including phenoxy) is 1. The number of aliphatic hydroxyl groups excluding tert-OH is 1. The van der Waals surface area contributed by atoms with Crippen LogP contribution >= 0.6 is 0 Å². The molecule has 3 rings (SSSR count). The Hall–Kier alpha value is -2.02. The molecule has 2 aromatic rings. The minimum atomic E-state index is -0.462. The van der Waals surface area contributed by atoms with Gasteiger partial charge in [-0.3, -0.25) is 0 Å². The van der Waals surface area contributed by atoms with Crippen molar-refractivity contribution < 1.29 is 9.84 Å². The number of hydrogen-bond donors (Lipinski definition) is 2. The largest absolute Gasteiger partial charge is 0.491 e. The van der Waals surface area contributed by atoms with E-state index in [2.05, 4.69) is 26.3 Å². The number of aromatic nitrogens is 2. The van der Waals surface area contributed by atoms with E-state index < -0.39 is 6.10 Å². The molecule has 2 N–H and O–H groups in total. The van der Waals surface area contributed by atoms with E-state index in [1.807, 2.05) is 38.1 Å². The van der Waals surface area contributed by atoms with Gasteiger partial charge >= 0.3 is 0 Å². The second-order valence-corrected chi connectivity index (χ2v) is 7.93. The number of aryl methyl sites for hydroxylation is 2. The van der Waals surface area contributed by atoms with Crippen LogP contribution in [0.4, 0.5) is 0 Å². The third-order valence-corrected chi connectivity index (χ3v) is 5.19. The minimum Gasteiger partial charge on any atom is -0.491 e. The highest BCUT2D eigenvalue weighted by atomic mass is 16.5. The van der Waals surface area contributed by atoms with Gasteiger partial charge in [-0.2, -0.15) is 0 Å². The smallest absolute Gasteiger partial charge is 0.130 e. The fraction of sp³-hybridized carbons (Fsp3) is 0.565. The Morgan fingerprint density at radius 3 is 2.59 bits per heavy atom. The number of para-hydroxylation sites is 1. The Morgan fingerprint density at radius 2 is 1.83 bits per heavy atom. The zero-order valence-electron chi connectivity index (χ0n) is 17.7. The Kier molecular flexibility index (Phi) is 8.40. The molecule has 0 radical (unpaired) electrons. The second-order valence-electron chi connectivity index (χ2n) is 7.93. The molecule has 1 aliphatic heterocycles. The van der Waals surface area contributed by atoms with E-state index in [9.17, 15) is 5.11 Å². The third-order valence-electron chi connectivity index (χ3n) is 5.19. The molecule has 1 aliphatic rings. The van der Waals surface area contributed by atoms with E-state index in [1.54, 1.807) is 0 Å². The van der Waals surface area contributed by atoms with Crippen molar-refractivity contribution in [2.45, 2.75) is 52.2 Å². The minimum absolute atomic E-state index is 0.323. The van der Waals surface area contributed by atoms with Crippen LogP contribution in [0.5, 0.6) is 5.75 Å². The molecule has 1 atom stereocenters. The van der Waals surface area contributed by atoms with Gasteiger partial charge in [0.15, 0.2) is 0 Å². The van der Waals surface area contributed by atoms with Gasteiger partial charge in [0.1, 0.15) is 24.3 Å². The van der Waals surface area contributed by atoms with Crippen molar-refractivity contribution in [1.29, 1.82) is 0 Å². The van der Waals surface area contributed by atoms with Gasteiger partial charge in [-0.05, 0) is 51.9 Å². The molecular formula is C23H34N4O2. The Morgan fingerprint density at radius 1 is 1.10 bits per heavy atom. The summed E-state index contributed by atoms with van der Waals surface area (Å²) in [6.45, 7) is 8.69. The average Bonchev–Trinajstić information content (AvgIpc) is 2.70. The molecule has 29 heavy (non-hydrogen) atoms. The summed E-state index contributed by atoms with van der Waals surface area (Å²) >= 11 is 0. The van der Waals surface area contributed by atoms with Crippen molar-refractivity contribution in [3.63, 3.8) is 0 Å². The van der Waals surface area contributed by atoms with Crippen LogP contribution in [0.2, 0.25) is 0 Å². The molecule has 0 aliphatic carbocycles. The van der Waals surface area contributed by atoms with Crippen molar-refractivity contribution in [3.05, 3.63) is 53.1 Å². The van der Waals surface area contributed by atoms with Gasteiger partial charge in [0.2, 0.25) is 0 Å². The van der Waals surface area contributed by atoms with E-state index in [1.165, 1.54) is 19.3 Å². The molecule has 1 saturated heterocycles. The number of hydrogen-bond acceptors (Lipinski definition) is 6. The molecular weight excluding hydrogens is 364 g/mol. The lowest BCUT2D eigenvalue weighted by Gasteiger charge is -2.28. The highest BCUT2D eigenvalue weighted by Gasteiger charge is 2.15. The van der Waals surface area contributed by atoms with Crippen LogP contribution < -0.4 is 10.1 Å². The van der Waals surface area contributed by atoms with Gasteiger partial charge in [0, 0.05) is 43.0 Å². The summed E-state index contributed by atoms with van der Waals surface area (Å²) in [5, 5.41) is 13.8. The number of piperidine rings is 1. The monoisotopic (exact) mass is 398 g/mol. The van der Waals surface area contributed by atoms with E-state index in [4.69, 9.17) is 4.74 Å². The molecule has 2 heterocycles. The maximum Gasteiger partial charge on any atom is 0.130 e. The first-order chi connectivity index (χ1) is 14.1. The standard InChI is InChI=1S/C23H34N4O2/c1-18-14-19(2)26-23(25-18)10-11-24-15-20-8-4-5-9-22(20)29-17-21(28)16-27-12-6-3-7-13-27/h4-5,8-9,14,21,24,28H,3,6-7,10-13,15-17H2,1-2H3/t21-/m1/s1. The van der Waals surface area contributed by atoms with Crippen molar-refractivity contribution in [2.75, 3.05) is 32.8 Å². The predicted octanol–water partition coefficient (Wildman–Crippen LogP) is 2.65. The molecule has 0 spiro atoms. The van der Waals surface area contributed by atoms with E-state index in [0.29, 0.717) is 19.7 Å². The summed E-state index contributed by atoms with van der Waals surface area (Å²) in [5.41, 5.74) is 3.11. The van der Waals surface area contributed by atoms with Crippen LogP contribution in [0.25, 0.3) is 0 Å². The summed E-state index contributed by atoms with van der Waals surface area (Å²) in [6, 6.07) is 10.0. The molecule has 0 amide bonds. The summed E-state index contributed by atoms with van der Waals surface area (Å²) in [6.07, 6.45) is 4.10. The first-order valence-electron chi connectivity index (χ1n) is 10.7. The summed E-state index contributed by atoms with van der Waals surface area (Å²) < 4.78 is 5.95. The van der Waals surface area contributed by atoms with Crippen LogP contribution in [0.1, 0.15) is 42.0 Å². The lowest BCUT2D eigenvalue weighted by Crippen LogP contribution is -2.38. The fourth-order valence-corrected chi connectivity index (χ4v) is 3.80. The van der Waals surface area contributed by atoms with Gasteiger partial charge < -0.3 is 20.1 Å². The highest BCUT2D eigenvalue weighted by molar-refractivity contribution is 5.33. The average molecular weight is 399 g/mol. The number of nitrogens with zero attached hydrogens (tertiary/aromatic N) is 3. The molecule has 0 bridgehead atoms. The van der Waals surface area contributed by atoms with Crippen LogP contribution in [0, 0.1) is 13.8 Å². The Labute approximate surface area is 174 Å². The van der Waals surface area contributed by atoms with Crippen molar-refractivity contribution in [1.82, 2.24) is 20.2 Å². The van der Waals surface area contributed by atoms with Crippen LogP contribution in [0.3, 0.4) is 0 Å². The molecule has 6 nitrogen and oxygen atoms in total. The maximum absolute atomic E-state index is 10.3. The lowest BCUT2D eigenvalue weighted by molar-refractivity contribution is 0.0614. The van der Waals surface area contributed by atoms with Gasteiger partial charge in [0.25, 0.3) is 0 Å². The van der Waals surface area contributed by atoms with Crippen molar-refractivity contribution >= 4 is 0 Å². The molecule has 6 heteroatoms. The Balaban J connectivity index is 1.43. The normalized spacial score (nSPS) is 16.0. The van der Waals surface area contributed by atoms with Gasteiger partial charge in [-0.1, -0.05) is 24.6 Å². The quantitative estimate of drug-likeness (QED) is 0.600. The Bertz CT molecular complexity index is 742. The number of likely N-dealkylation sites (tertiary alicyclic amines) is 1. The topological polar surface area (TPSA) is 70.5 Å². The molecule has 0 unspecified atom stereocenters. The van der Waals surface area contributed by atoms with Crippen molar-refractivity contribution in [2.24, 2.45) is 0 Å². The fourth-order valence-electron chi connectivity index (χ4n) is 3.80. The number of nitrogens with one attached hydrogen (secondary N) is 1. The van der Waals surface area contributed by atoms with Crippen molar-refractivity contribution in [3.8, 4) is 5.75 Å². The van der Waals surface area contributed by atoms with E-state index >= 15 is 0 Å². The highest BCUT2D eigenvalue weighted by Crippen LogP contribution is 2.18. The number of benzene rings is 1. The maximum atomic E-state index is 10.3. The van der Waals surface area contributed by atoms with Gasteiger partial charge in [-0.25, -0.2) is 9.97 Å². The number of β-amino-alcohol motifs (C(OH)–C–C–N with tert-alkyl or cyclic N) is 1. The molecule has 158 valence electrons. The summed E-state index contributed by atoms with van der Waals surface area (Å²) in [5.74, 6) is 1.71. The molecule has 1 fully saturated rings. The number of rotatable bonds is 10. The molecule has 1 aromatic heterocycles. The third kappa shape index (κ3) is 7.38. The zero-order valence-corrected chi connectivity index (χ0v) is 17.7. The second kappa shape index (κ2) is 11.2. The molecule has 0 saturated carbocycles. The summed E-state index contributed by atoms with van der Waals surface area (Å²) in [7, 11) is 0.